The Hall–Kier alpha value is -2.43. The maximum Gasteiger partial charge on any atom is 0.269 e. The molecule has 0 spiro atoms. The zero-order chi connectivity index (χ0) is 15.2. The quantitative estimate of drug-likeness (QED) is 0.888. The van der Waals surface area contributed by atoms with Crippen LogP contribution >= 0.6 is 0 Å². The van der Waals surface area contributed by atoms with Gasteiger partial charge in [-0.15, -0.1) is 0 Å². The molecule has 5 heteroatoms. The van der Waals surface area contributed by atoms with Crippen LogP contribution in [0, 0.1) is 5.82 Å². The number of amides is 1. The molecule has 1 amide bonds. The van der Waals surface area contributed by atoms with Crippen LogP contribution in [0.25, 0.3) is 0 Å². The standard InChI is InChI=1S/C16H18FN3O/c1-3-18-16(21)15-10-14(7-8-19-15)20-11(2)12-5-4-6-13(17)9-12/h4-11H,3H2,1-2H3,(H,18,21)(H,19,20). The molecule has 1 aromatic carbocycles. The van der Waals surface area contributed by atoms with E-state index in [1.54, 1.807) is 24.4 Å². The highest BCUT2D eigenvalue weighted by Gasteiger charge is 2.09. The number of carbonyl (C=O) groups excluding carboxylic acids is 1. The third-order valence-electron chi connectivity index (χ3n) is 3.06. The van der Waals surface area contributed by atoms with Gasteiger partial charge in [-0.25, -0.2) is 4.39 Å². The molecule has 0 saturated carbocycles. The molecule has 0 saturated heterocycles. The Labute approximate surface area is 123 Å². The number of carbonyl (C=O) groups is 1. The van der Waals surface area contributed by atoms with E-state index in [0.29, 0.717) is 12.2 Å². The molecule has 1 atom stereocenters. The summed E-state index contributed by atoms with van der Waals surface area (Å²) in [4.78, 5) is 15.8. The number of halogens is 1. The van der Waals surface area contributed by atoms with Gasteiger partial charge in [-0.3, -0.25) is 9.78 Å². The predicted molar refractivity (Wildman–Crippen MR) is 80.7 cm³/mol. The Morgan fingerprint density at radius 2 is 2.14 bits per heavy atom. The molecular weight excluding hydrogens is 269 g/mol. The average molecular weight is 287 g/mol. The smallest absolute Gasteiger partial charge is 0.269 e. The summed E-state index contributed by atoms with van der Waals surface area (Å²) in [5, 5.41) is 5.94. The summed E-state index contributed by atoms with van der Waals surface area (Å²) in [7, 11) is 0. The minimum atomic E-state index is -0.265. The van der Waals surface area contributed by atoms with Gasteiger partial charge in [0.15, 0.2) is 0 Å². The van der Waals surface area contributed by atoms with Crippen molar-refractivity contribution >= 4 is 11.6 Å². The number of benzene rings is 1. The van der Waals surface area contributed by atoms with Crippen molar-refractivity contribution < 1.29 is 9.18 Å². The molecule has 0 fully saturated rings. The van der Waals surface area contributed by atoms with Crippen molar-refractivity contribution in [2.24, 2.45) is 0 Å². The number of nitrogens with zero attached hydrogens (tertiary/aromatic N) is 1. The second kappa shape index (κ2) is 6.83. The fourth-order valence-electron chi connectivity index (χ4n) is 2.00. The highest BCUT2D eigenvalue weighted by atomic mass is 19.1. The van der Waals surface area contributed by atoms with Gasteiger partial charge in [0.2, 0.25) is 0 Å². The van der Waals surface area contributed by atoms with E-state index in [2.05, 4.69) is 15.6 Å². The minimum absolute atomic E-state index is 0.0785. The van der Waals surface area contributed by atoms with Gasteiger partial charge in [-0.2, -0.15) is 0 Å². The van der Waals surface area contributed by atoms with Crippen LogP contribution in [-0.2, 0) is 0 Å². The van der Waals surface area contributed by atoms with Gasteiger partial charge in [-0.05, 0) is 43.7 Å². The summed E-state index contributed by atoms with van der Waals surface area (Å²) in [5.41, 5.74) is 1.96. The van der Waals surface area contributed by atoms with E-state index >= 15 is 0 Å². The maximum atomic E-state index is 13.2. The molecule has 2 N–H and O–H groups in total. The summed E-state index contributed by atoms with van der Waals surface area (Å²) in [6, 6.07) is 9.81. The van der Waals surface area contributed by atoms with E-state index in [1.165, 1.54) is 12.1 Å². The van der Waals surface area contributed by atoms with Gasteiger partial charge < -0.3 is 10.6 Å². The van der Waals surface area contributed by atoms with Gasteiger partial charge in [0.1, 0.15) is 11.5 Å². The zero-order valence-electron chi connectivity index (χ0n) is 12.1. The normalized spacial score (nSPS) is 11.8. The lowest BCUT2D eigenvalue weighted by atomic mass is 10.1. The van der Waals surface area contributed by atoms with Gasteiger partial charge in [0.25, 0.3) is 5.91 Å². The third kappa shape index (κ3) is 4.02. The number of pyridine rings is 1. The predicted octanol–water partition coefficient (Wildman–Crippen LogP) is 3.14. The van der Waals surface area contributed by atoms with Crippen molar-refractivity contribution in [1.29, 1.82) is 0 Å². The first-order chi connectivity index (χ1) is 10.1. The first-order valence-corrected chi connectivity index (χ1v) is 6.86. The van der Waals surface area contributed by atoms with Crippen LogP contribution in [0.2, 0.25) is 0 Å². The Balaban J connectivity index is 2.12. The van der Waals surface area contributed by atoms with Crippen molar-refractivity contribution in [1.82, 2.24) is 10.3 Å². The summed E-state index contributed by atoms with van der Waals surface area (Å²) in [5.74, 6) is -0.474. The molecule has 1 unspecified atom stereocenters. The number of aromatic nitrogens is 1. The summed E-state index contributed by atoms with van der Waals surface area (Å²) < 4.78 is 13.2. The lowest BCUT2D eigenvalue weighted by Crippen LogP contribution is -2.23. The first kappa shape index (κ1) is 15.0. The minimum Gasteiger partial charge on any atom is -0.378 e. The summed E-state index contributed by atoms with van der Waals surface area (Å²) in [6.07, 6.45) is 1.57. The van der Waals surface area contributed by atoms with Crippen LogP contribution in [0.5, 0.6) is 0 Å². The average Bonchev–Trinajstić information content (AvgIpc) is 2.48. The van der Waals surface area contributed by atoms with E-state index in [4.69, 9.17) is 0 Å². The van der Waals surface area contributed by atoms with E-state index in [-0.39, 0.29) is 17.8 Å². The van der Waals surface area contributed by atoms with Crippen molar-refractivity contribution in [2.75, 3.05) is 11.9 Å². The van der Waals surface area contributed by atoms with Crippen LogP contribution < -0.4 is 10.6 Å². The van der Waals surface area contributed by atoms with Crippen LogP contribution in [0.4, 0.5) is 10.1 Å². The number of hydrogen-bond donors (Lipinski definition) is 2. The molecule has 110 valence electrons. The van der Waals surface area contributed by atoms with Crippen LogP contribution in [-0.4, -0.2) is 17.4 Å². The van der Waals surface area contributed by atoms with Crippen molar-refractivity contribution in [3.05, 3.63) is 59.7 Å². The third-order valence-corrected chi connectivity index (χ3v) is 3.06. The molecule has 2 rings (SSSR count). The molecule has 0 aliphatic carbocycles. The number of anilines is 1. The lowest BCUT2D eigenvalue weighted by molar-refractivity contribution is 0.0951. The fraction of sp³-hybridized carbons (Fsp3) is 0.250. The largest absolute Gasteiger partial charge is 0.378 e. The zero-order valence-corrected chi connectivity index (χ0v) is 12.1. The Bertz CT molecular complexity index is 630. The second-order valence-corrected chi connectivity index (χ2v) is 4.71. The Kier molecular flexibility index (Phi) is 4.87. The molecule has 0 bridgehead atoms. The molecule has 0 aliphatic rings. The topological polar surface area (TPSA) is 54.0 Å². The second-order valence-electron chi connectivity index (χ2n) is 4.71. The van der Waals surface area contributed by atoms with Crippen LogP contribution in [0.15, 0.2) is 42.6 Å². The van der Waals surface area contributed by atoms with Gasteiger partial charge in [0, 0.05) is 24.5 Å². The van der Waals surface area contributed by atoms with E-state index in [9.17, 15) is 9.18 Å². The van der Waals surface area contributed by atoms with E-state index < -0.39 is 0 Å². The fourth-order valence-corrected chi connectivity index (χ4v) is 2.00. The molecule has 1 aromatic heterocycles. The number of rotatable bonds is 5. The molecule has 2 aromatic rings. The lowest BCUT2D eigenvalue weighted by Gasteiger charge is -2.16. The molecule has 4 nitrogen and oxygen atoms in total. The molecule has 1 heterocycles. The van der Waals surface area contributed by atoms with Gasteiger partial charge >= 0.3 is 0 Å². The maximum absolute atomic E-state index is 13.2. The monoisotopic (exact) mass is 287 g/mol. The number of nitrogens with one attached hydrogen (secondary N) is 2. The highest BCUT2D eigenvalue weighted by Crippen LogP contribution is 2.20. The van der Waals surface area contributed by atoms with E-state index in [1.807, 2.05) is 19.9 Å². The summed E-state index contributed by atoms with van der Waals surface area (Å²) in [6.45, 7) is 4.34. The van der Waals surface area contributed by atoms with Crippen molar-refractivity contribution in [2.45, 2.75) is 19.9 Å². The van der Waals surface area contributed by atoms with Gasteiger partial charge in [-0.1, -0.05) is 12.1 Å². The molecule has 21 heavy (non-hydrogen) atoms. The SMILES string of the molecule is CCNC(=O)c1cc(NC(C)c2cccc(F)c2)ccn1. The highest BCUT2D eigenvalue weighted by molar-refractivity contribution is 5.93. The van der Waals surface area contributed by atoms with Crippen LogP contribution in [0.1, 0.15) is 35.9 Å². The van der Waals surface area contributed by atoms with Crippen molar-refractivity contribution in [3.63, 3.8) is 0 Å². The Morgan fingerprint density at radius 1 is 1.33 bits per heavy atom. The number of hydrogen-bond acceptors (Lipinski definition) is 3. The van der Waals surface area contributed by atoms with E-state index in [0.717, 1.165) is 11.3 Å². The van der Waals surface area contributed by atoms with Crippen molar-refractivity contribution in [3.8, 4) is 0 Å². The Morgan fingerprint density at radius 3 is 2.86 bits per heavy atom. The van der Waals surface area contributed by atoms with Gasteiger partial charge in [0.05, 0.1) is 0 Å². The molecular formula is C16H18FN3O. The molecule has 0 aliphatic heterocycles. The molecule has 0 radical (unpaired) electrons. The summed E-state index contributed by atoms with van der Waals surface area (Å²) >= 11 is 0. The first-order valence-electron chi connectivity index (χ1n) is 6.86. The van der Waals surface area contributed by atoms with Crippen LogP contribution in [0.3, 0.4) is 0 Å².